The Labute approximate surface area is 217 Å². The van der Waals surface area contributed by atoms with Crippen molar-refractivity contribution in [3.05, 3.63) is 18.6 Å². The van der Waals surface area contributed by atoms with Crippen LogP contribution in [-0.4, -0.2) is 99.0 Å². The quantitative estimate of drug-likeness (QED) is 0.384. The van der Waals surface area contributed by atoms with Crippen LogP contribution in [-0.2, 0) is 7.05 Å². The predicted molar refractivity (Wildman–Crippen MR) is 144 cm³/mol. The van der Waals surface area contributed by atoms with Crippen molar-refractivity contribution in [1.82, 2.24) is 29.7 Å². The lowest BCUT2D eigenvalue weighted by Crippen LogP contribution is -2.36. The van der Waals surface area contributed by atoms with Gasteiger partial charge in [0.1, 0.15) is 23.8 Å². The molecule has 2 saturated heterocycles. The highest BCUT2D eigenvalue weighted by molar-refractivity contribution is 5.88. The number of nitrogens with zero attached hydrogens (tertiary/aromatic N) is 9. The van der Waals surface area contributed by atoms with E-state index in [4.69, 9.17) is 15.1 Å². The Morgan fingerprint density at radius 1 is 1.16 bits per heavy atom. The number of anilines is 4. The molecule has 2 aliphatic rings. The summed E-state index contributed by atoms with van der Waals surface area (Å²) in [6.45, 7) is 3.22. The maximum atomic E-state index is 10.5. The van der Waals surface area contributed by atoms with Gasteiger partial charge in [-0.3, -0.25) is 4.68 Å². The van der Waals surface area contributed by atoms with E-state index in [1.165, 1.54) is 0 Å². The van der Waals surface area contributed by atoms with Crippen LogP contribution < -0.4 is 20.0 Å². The molecule has 37 heavy (non-hydrogen) atoms. The standard InChI is InChI=1S/C25H38N10O2/c1-32(2)21-12-22(28-16-27-21)35-15-19(37)11-18(35)13-26-25-30-23-20(14-29-33(23)3)24(31-25)34-8-6-17(7-9-34)5-4-10-36/h12,14,16-19,36-37H,4-11,13,15H2,1-3H3,(H,26,30,31)/t18-,19-/m1/s1. The molecule has 0 radical (unpaired) electrons. The smallest absolute Gasteiger partial charge is 0.226 e. The SMILES string of the molecule is CN(C)c1cc(N2C[C@H](O)C[C@@H]2CNc2nc(N3CCC(CCCO)CC3)c3cnn(C)c3n2)ncn1. The van der Waals surface area contributed by atoms with Gasteiger partial charge in [-0.1, -0.05) is 0 Å². The van der Waals surface area contributed by atoms with Crippen LogP contribution >= 0.6 is 0 Å². The molecule has 0 aliphatic carbocycles. The number of aliphatic hydroxyl groups excluding tert-OH is 2. The van der Waals surface area contributed by atoms with Gasteiger partial charge in [0.25, 0.3) is 0 Å². The van der Waals surface area contributed by atoms with Gasteiger partial charge >= 0.3 is 0 Å². The number of aliphatic hydroxyl groups is 2. The zero-order chi connectivity index (χ0) is 25.9. The second-order valence-corrected chi connectivity index (χ2v) is 10.4. The lowest BCUT2D eigenvalue weighted by molar-refractivity contribution is 0.194. The minimum Gasteiger partial charge on any atom is -0.396 e. The molecule has 0 saturated carbocycles. The van der Waals surface area contributed by atoms with Crippen LogP contribution in [0.3, 0.4) is 0 Å². The van der Waals surface area contributed by atoms with Crippen molar-refractivity contribution in [1.29, 1.82) is 0 Å². The summed E-state index contributed by atoms with van der Waals surface area (Å²) >= 11 is 0. The second-order valence-electron chi connectivity index (χ2n) is 10.4. The Kier molecular flexibility index (Phi) is 7.56. The summed E-state index contributed by atoms with van der Waals surface area (Å²) in [5.74, 6) is 3.76. The normalized spacial score (nSPS) is 20.7. The summed E-state index contributed by atoms with van der Waals surface area (Å²) in [4.78, 5) is 24.9. The third-order valence-corrected chi connectivity index (χ3v) is 7.54. The first-order valence-electron chi connectivity index (χ1n) is 13.2. The van der Waals surface area contributed by atoms with E-state index in [0.717, 1.165) is 67.3 Å². The van der Waals surface area contributed by atoms with E-state index in [-0.39, 0.29) is 12.6 Å². The van der Waals surface area contributed by atoms with Gasteiger partial charge in [0.05, 0.1) is 23.7 Å². The molecule has 5 rings (SSSR count). The Hall–Kier alpha value is -3.25. The number of hydrogen-bond acceptors (Lipinski definition) is 11. The fourth-order valence-corrected chi connectivity index (χ4v) is 5.45. The van der Waals surface area contributed by atoms with E-state index in [9.17, 15) is 5.11 Å². The van der Waals surface area contributed by atoms with Crippen molar-refractivity contribution in [3.63, 3.8) is 0 Å². The summed E-state index contributed by atoms with van der Waals surface area (Å²) in [5, 5.41) is 28.5. The average Bonchev–Trinajstić information content (AvgIpc) is 3.48. The van der Waals surface area contributed by atoms with Crippen molar-refractivity contribution < 1.29 is 10.2 Å². The highest BCUT2D eigenvalue weighted by Crippen LogP contribution is 2.31. The highest BCUT2D eigenvalue weighted by atomic mass is 16.3. The summed E-state index contributed by atoms with van der Waals surface area (Å²) in [6, 6.07) is 1.99. The molecule has 2 fully saturated rings. The van der Waals surface area contributed by atoms with Crippen LogP contribution in [0.1, 0.15) is 32.1 Å². The molecule has 3 N–H and O–H groups in total. The Bertz CT molecular complexity index is 1190. The van der Waals surface area contributed by atoms with E-state index in [1.807, 2.05) is 38.3 Å². The topological polar surface area (TPSA) is 132 Å². The number of rotatable bonds is 9. The number of aromatic nitrogens is 6. The summed E-state index contributed by atoms with van der Waals surface area (Å²) in [7, 11) is 5.80. The molecule has 0 bridgehead atoms. The lowest BCUT2D eigenvalue weighted by Gasteiger charge is -2.33. The van der Waals surface area contributed by atoms with Gasteiger partial charge in [-0.15, -0.1) is 0 Å². The van der Waals surface area contributed by atoms with Crippen molar-refractivity contribution >= 4 is 34.4 Å². The Morgan fingerprint density at radius 2 is 1.97 bits per heavy atom. The van der Waals surface area contributed by atoms with E-state index < -0.39 is 6.10 Å². The molecule has 0 spiro atoms. The minimum atomic E-state index is -0.423. The molecular weight excluding hydrogens is 472 g/mol. The van der Waals surface area contributed by atoms with Gasteiger partial charge < -0.3 is 30.2 Å². The maximum Gasteiger partial charge on any atom is 0.226 e. The number of fused-ring (bicyclic) bond motifs is 1. The number of hydrogen-bond donors (Lipinski definition) is 3. The van der Waals surface area contributed by atoms with E-state index in [1.54, 1.807) is 11.0 Å². The molecular formula is C25H38N10O2. The van der Waals surface area contributed by atoms with Crippen LogP contribution in [0.15, 0.2) is 18.6 Å². The first kappa shape index (κ1) is 25.4. The first-order chi connectivity index (χ1) is 17.9. The van der Waals surface area contributed by atoms with Crippen molar-refractivity contribution in [2.45, 2.75) is 44.2 Å². The van der Waals surface area contributed by atoms with Gasteiger partial charge in [-0.2, -0.15) is 15.1 Å². The molecule has 5 heterocycles. The zero-order valence-corrected chi connectivity index (χ0v) is 22.0. The van der Waals surface area contributed by atoms with Crippen molar-refractivity contribution in [3.8, 4) is 0 Å². The number of piperidine rings is 1. The fraction of sp³-hybridized carbons (Fsp3) is 0.640. The molecule has 200 valence electrons. The second kappa shape index (κ2) is 11.0. The van der Waals surface area contributed by atoms with Gasteiger partial charge in [0.15, 0.2) is 5.65 Å². The summed E-state index contributed by atoms with van der Waals surface area (Å²) in [6.07, 6.45) is 7.77. The monoisotopic (exact) mass is 510 g/mol. The molecule has 0 aromatic carbocycles. The van der Waals surface area contributed by atoms with Crippen LogP contribution in [0.25, 0.3) is 11.0 Å². The molecule has 3 aromatic heterocycles. The zero-order valence-electron chi connectivity index (χ0n) is 22.0. The number of nitrogens with one attached hydrogen (secondary N) is 1. The number of aryl methyl sites for hydroxylation is 1. The lowest BCUT2D eigenvalue weighted by atomic mass is 9.92. The van der Waals surface area contributed by atoms with E-state index in [0.29, 0.717) is 31.4 Å². The van der Waals surface area contributed by atoms with Crippen molar-refractivity contribution in [2.24, 2.45) is 13.0 Å². The molecule has 3 aromatic rings. The van der Waals surface area contributed by atoms with E-state index in [2.05, 4.69) is 30.2 Å². The fourth-order valence-electron chi connectivity index (χ4n) is 5.45. The van der Waals surface area contributed by atoms with Crippen LogP contribution in [0.4, 0.5) is 23.4 Å². The van der Waals surface area contributed by atoms with Gasteiger partial charge in [0.2, 0.25) is 5.95 Å². The molecule has 0 unspecified atom stereocenters. The number of β-amino-alcohol motifs (C(OH)–C–C–N with tert-alkyl or cyclic N) is 1. The van der Waals surface area contributed by atoms with Crippen LogP contribution in [0.2, 0.25) is 0 Å². The molecule has 12 heteroatoms. The predicted octanol–water partition coefficient (Wildman–Crippen LogP) is 1.26. The van der Waals surface area contributed by atoms with Crippen LogP contribution in [0.5, 0.6) is 0 Å². The molecule has 12 nitrogen and oxygen atoms in total. The molecule has 2 atom stereocenters. The largest absolute Gasteiger partial charge is 0.396 e. The molecule has 0 amide bonds. The summed E-state index contributed by atoms with van der Waals surface area (Å²) < 4.78 is 1.79. The first-order valence-corrected chi connectivity index (χ1v) is 13.2. The molecule has 2 aliphatic heterocycles. The average molecular weight is 511 g/mol. The third kappa shape index (κ3) is 5.54. The van der Waals surface area contributed by atoms with Gasteiger partial charge in [-0.25, -0.2) is 9.97 Å². The minimum absolute atomic E-state index is 0.0384. The Balaban J connectivity index is 1.33. The van der Waals surface area contributed by atoms with Gasteiger partial charge in [0, 0.05) is 60.0 Å². The maximum absolute atomic E-state index is 10.5. The van der Waals surface area contributed by atoms with Crippen LogP contribution in [0, 0.1) is 5.92 Å². The highest BCUT2D eigenvalue weighted by Gasteiger charge is 2.32. The Morgan fingerprint density at radius 3 is 2.73 bits per heavy atom. The summed E-state index contributed by atoms with van der Waals surface area (Å²) in [5.41, 5.74) is 0.796. The third-order valence-electron chi connectivity index (χ3n) is 7.54. The van der Waals surface area contributed by atoms with Crippen molar-refractivity contribution in [2.75, 3.05) is 66.9 Å². The van der Waals surface area contributed by atoms with Gasteiger partial charge in [-0.05, 0) is 38.0 Å². The van der Waals surface area contributed by atoms with E-state index >= 15 is 0 Å².